The average molecular weight is 515 g/mol. The van der Waals surface area contributed by atoms with Gasteiger partial charge in [-0.15, -0.1) is 0 Å². The summed E-state index contributed by atoms with van der Waals surface area (Å²) in [6.45, 7) is 5.07. The number of anilines is 1. The molecule has 11 heteroatoms. The minimum absolute atomic E-state index is 0.0813. The number of nitro benzene ring substituents is 1. The molecule has 0 spiro atoms. The van der Waals surface area contributed by atoms with Crippen molar-refractivity contribution in [1.29, 1.82) is 0 Å². The normalized spacial score (nSPS) is 19.9. The van der Waals surface area contributed by atoms with Gasteiger partial charge in [-0.3, -0.25) is 19.7 Å². The van der Waals surface area contributed by atoms with Crippen molar-refractivity contribution in [2.45, 2.75) is 37.5 Å². The van der Waals surface area contributed by atoms with Crippen LogP contribution < -0.4 is 4.90 Å². The summed E-state index contributed by atoms with van der Waals surface area (Å²) in [4.78, 5) is 39.7. The van der Waals surface area contributed by atoms with Gasteiger partial charge in [0.05, 0.1) is 15.7 Å². The van der Waals surface area contributed by atoms with E-state index in [4.69, 9.17) is 0 Å². The van der Waals surface area contributed by atoms with E-state index >= 15 is 0 Å². The van der Waals surface area contributed by atoms with Crippen molar-refractivity contribution in [3.05, 3.63) is 64.2 Å². The molecule has 2 heterocycles. The topological polar surface area (TPSA) is 121 Å². The zero-order valence-electron chi connectivity index (χ0n) is 20.4. The number of hydrogen-bond acceptors (Lipinski definition) is 6. The first kappa shape index (κ1) is 25.8. The Kier molecular flexibility index (Phi) is 7.41. The van der Waals surface area contributed by atoms with Crippen LogP contribution in [0, 0.1) is 16.0 Å². The van der Waals surface area contributed by atoms with Crippen LogP contribution in [0.25, 0.3) is 0 Å². The van der Waals surface area contributed by atoms with Gasteiger partial charge in [0.1, 0.15) is 0 Å². The Morgan fingerprint density at radius 2 is 1.81 bits per heavy atom. The molecule has 0 saturated carbocycles. The number of nitrogens with zero attached hydrogens (tertiary/aromatic N) is 4. The maximum absolute atomic E-state index is 13.2. The van der Waals surface area contributed by atoms with Gasteiger partial charge in [-0.2, -0.15) is 4.31 Å². The van der Waals surface area contributed by atoms with Crippen LogP contribution >= 0.6 is 0 Å². The Morgan fingerprint density at radius 1 is 1.11 bits per heavy atom. The summed E-state index contributed by atoms with van der Waals surface area (Å²) in [6, 6.07) is 12.7. The molecular formula is C25H30N4O6S. The molecule has 4 rings (SSSR count). The lowest BCUT2D eigenvalue weighted by Gasteiger charge is -2.35. The van der Waals surface area contributed by atoms with Gasteiger partial charge >= 0.3 is 0 Å². The molecule has 0 unspecified atom stereocenters. The SMILES string of the molecule is CC[C@H](C)c1ccccc1N1C[C@H](C(=O)N2CCN(S(=O)(=O)c3cccc([N+](=O)[O-])c3)CC2)CC1=O. The number of rotatable bonds is 7. The second-order valence-electron chi connectivity index (χ2n) is 9.26. The lowest BCUT2D eigenvalue weighted by atomic mass is 9.96. The summed E-state index contributed by atoms with van der Waals surface area (Å²) in [6.07, 6.45) is 1.06. The standard InChI is InChI=1S/C25H30N4O6S/c1-3-18(2)22-9-4-5-10-23(22)28-17-19(15-24(28)30)25(31)26-11-13-27(14-12-26)36(34,35)21-8-6-7-20(16-21)29(32)33/h4-10,16,18-19H,3,11-15,17H2,1-2H3/t18-,19+/m0/s1. The van der Waals surface area contributed by atoms with Crippen molar-refractivity contribution in [3.8, 4) is 0 Å². The van der Waals surface area contributed by atoms with E-state index in [9.17, 15) is 28.1 Å². The number of piperazine rings is 1. The molecular weight excluding hydrogens is 484 g/mol. The molecule has 36 heavy (non-hydrogen) atoms. The van der Waals surface area contributed by atoms with Gasteiger partial charge in [-0.05, 0) is 30.0 Å². The van der Waals surface area contributed by atoms with Crippen LogP contribution in [0.5, 0.6) is 0 Å². The number of non-ortho nitro benzene ring substituents is 1. The van der Waals surface area contributed by atoms with Crippen molar-refractivity contribution in [1.82, 2.24) is 9.21 Å². The van der Waals surface area contributed by atoms with Gasteiger partial charge in [-0.25, -0.2) is 8.42 Å². The van der Waals surface area contributed by atoms with E-state index in [-0.39, 0.29) is 60.9 Å². The summed E-state index contributed by atoms with van der Waals surface area (Å²) < 4.78 is 27.2. The highest BCUT2D eigenvalue weighted by molar-refractivity contribution is 7.89. The quantitative estimate of drug-likeness (QED) is 0.414. The molecule has 2 fully saturated rings. The first-order valence-corrected chi connectivity index (χ1v) is 13.5. The highest BCUT2D eigenvalue weighted by Gasteiger charge is 2.39. The van der Waals surface area contributed by atoms with Crippen molar-refractivity contribution < 1.29 is 22.9 Å². The van der Waals surface area contributed by atoms with Crippen LogP contribution in [-0.2, 0) is 19.6 Å². The second kappa shape index (κ2) is 10.4. The fourth-order valence-corrected chi connectivity index (χ4v) is 6.25. The molecule has 2 aromatic rings. The number of carbonyl (C=O) groups is 2. The van der Waals surface area contributed by atoms with E-state index in [2.05, 4.69) is 13.8 Å². The minimum Gasteiger partial charge on any atom is -0.340 e. The zero-order chi connectivity index (χ0) is 26.0. The summed E-state index contributed by atoms with van der Waals surface area (Å²) in [5.41, 5.74) is 1.64. The Bertz CT molecular complexity index is 1270. The molecule has 2 aliphatic heterocycles. The molecule has 2 saturated heterocycles. The molecule has 2 atom stereocenters. The number of benzene rings is 2. The molecule has 192 valence electrons. The van der Waals surface area contributed by atoms with E-state index in [0.29, 0.717) is 6.54 Å². The van der Waals surface area contributed by atoms with Crippen molar-refractivity contribution in [2.75, 3.05) is 37.6 Å². The molecule has 2 amide bonds. The molecule has 0 aliphatic carbocycles. The van der Waals surface area contributed by atoms with E-state index < -0.39 is 20.9 Å². The van der Waals surface area contributed by atoms with Crippen LogP contribution in [0.2, 0.25) is 0 Å². The molecule has 2 aromatic carbocycles. The van der Waals surface area contributed by atoms with Crippen LogP contribution in [-0.4, -0.2) is 67.1 Å². The zero-order valence-corrected chi connectivity index (χ0v) is 21.2. The maximum atomic E-state index is 13.2. The molecule has 0 bridgehead atoms. The Morgan fingerprint density at radius 3 is 2.47 bits per heavy atom. The first-order valence-electron chi connectivity index (χ1n) is 12.1. The number of nitro groups is 1. The average Bonchev–Trinajstić information content (AvgIpc) is 3.29. The lowest BCUT2D eigenvalue weighted by Crippen LogP contribution is -2.52. The van der Waals surface area contributed by atoms with Crippen LogP contribution in [0.4, 0.5) is 11.4 Å². The maximum Gasteiger partial charge on any atom is 0.270 e. The van der Waals surface area contributed by atoms with Gasteiger partial charge in [-0.1, -0.05) is 38.1 Å². The van der Waals surface area contributed by atoms with Crippen LogP contribution in [0.1, 0.15) is 38.2 Å². The highest BCUT2D eigenvalue weighted by Crippen LogP contribution is 2.34. The predicted molar refractivity (Wildman–Crippen MR) is 134 cm³/mol. The smallest absolute Gasteiger partial charge is 0.270 e. The first-order chi connectivity index (χ1) is 17.1. The van der Waals surface area contributed by atoms with Crippen LogP contribution in [0.15, 0.2) is 53.4 Å². The summed E-state index contributed by atoms with van der Waals surface area (Å²) in [5.74, 6) is -0.442. The van der Waals surface area contributed by atoms with E-state index in [1.165, 1.54) is 22.5 Å². The highest BCUT2D eigenvalue weighted by atomic mass is 32.2. The number of amides is 2. The van der Waals surface area contributed by atoms with Crippen molar-refractivity contribution >= 4 is 33.2 Å². The molecule has 10 nitrogen and oxygen atoms in total. The van der Waals surface area contributed by atoms with Crippen molar-refractivity contribution in [3.63, 3.8) is 0 Å². The fraction of sp³-hybridized carbons (Fsp3) is 0.440. The lowest BCUT2D eigenvalue weighted by molar-refractivity contribution is -0.385. The van der Waals surface area contributed by atoms with Crippen molar-refractivity contribution in [2.24, 2.45) is 5.92 Å². The minimum atomic E-state index is -3.93. The summed E-state index contributed by atoms with van der Waals surface area (Å²) in [5, 5.41) is 11.0. The van der Waals surface area contributed by atoms with Gasteiger partial charge in [0, 0.05) is 57.0 Å². The fourth-order valence-electron chi connectivity index (χ4n) is 4.79. The molecule has 0 radical (unpaired) electrons. The third-order valence-electron chi connectivity index (χ3n) is 7.06. The molecule has 0 N–H and O–H groups in total. The Hall–Kier alpha value is -3.31. The predicted octanol–water partition coefficient (Wildman–Crippen LogP) is 2.99. The summed E-state index contributed by atoms with van der Waals surface area (Å²) in [7, 11) is -3.93. The van der Waals surface area contributed by atoms with E-state index in [0.717, 1.165) is 23.7 Å². The van der Waals surface area contributed by atoms with Gasteiger partial charge in [0.2, 0.25) is 21.8 Å². The van der Waals surface area contributed by atoms with Gasteiger partial charge in [0.15, 0.2) is 0 Å². The number of hydrogen-bond donors (Lipinski definition) is 0. The van der Waals surface area contributed by atoms with E-state index in [1.807, 2.05) is 24.3 Å². The second-order valence-corrected chi connectivity index (χ2v) is 11.2. The summed E-state index contributed by atoms with van der Waals surface area (Å²) >= 11 is 0. The van der Waals surface area contributed by atoms with Crippen LogP contribution in [0.3, 0.4) is 0 Å². The molecule has 2 aliphatic rings. The Balaban J connectivity index is 1.42. The largest absolute Gasteiger partial charge is 0.340 e. The molecule has 0 aromatic heterocycles. The monoisotopic (exact) mass is 514 g/mol. The third kappa shape index (κ3) is 4.98. The number of carbonyl (C=O) groups excluding carboxylic acids is 2. The van der Waals surface area contributed by atoms with Gasteiger partial charge < -0.3 is 9.80 Å². The Labute approximate surface area is 210 Å². The van der Waals surface area contributed by atoms with E-state index in [1.54, 1.807) is 9.80 Å². The number of sulfonamides is 1. The number of para-hydroxylation sites is 1. The van der Waals surface area contributed by atoms with Gasteiger partial charge in [0.25, 0.3) is 5.69 Å². The third-order valence-corrected chi connectivity index (χ3v) is 8.96.